The highest BCUT2D eigenvalue weighted by Crippen LogP contribution is 2.35. The fourth-order valence-electron chi connectivity index (χ4n) is 3.39. The molecule has 0 spiro atoms. The Bertz CT molecular complexity index is 942. The third-order valence-electron chi connectivity index (χ3n) is 4.78. The van der Waals surface area contributed by atoms with E-state index in [9.17, 15) is 13.6 Å². The van der Waals surface area contributed by atoms with Crippen molar-refractivity contribution < 1.29 is 18.3 Å². The lowest BCUT2D eigenvalue weighted by Gasteiger charge is -2.25. The van der Waals surface area contributed by atoms with Crippen LogP contribution in [0.5, 0.6) is 5.75 Å². The molecule has 1 aliphatic heterocycles. The van der Waals surface area contributed by atoms with Gasteiger partial charge in [-0.05, 0) is 36.6 Å². The van der Waals surface area contributed by atoms with E-state index in [1.54, 1.807) is 18.2 Å². The molecule has 1 amide bonds. The zero-order valence-corrected chi connectivity index (χ0v) is 15.9. The Kier molecular flexibility index (Phi) is 6.55. The molecule has 150 valence electrons. The fraction of sp³-hybridized carbons (Fsp3) is 0.318. The average Bonchev–Trinajstić information content (AvgIpc) is 3.12. The van der Waals surface area contributed by atoms with E-state index in [4.69, 9.17) is 10.00 Å². The summed E-state index contributed by atoms with van der Waals surface area (Å²) in [5.41, 5.74) is 1.21. The summed E-state index contributed by atoms with van der Waals surface area (Å²) in [4.78, 5) is 18.1. The Hall–Kier alpha value is -3.27. The van der Waals surface area contributed by atoms with Gasteiger partial charge in [-0.1, -0.05) is 18.7 Å². The van der Waals surface area contributed by atoms with Gasteiger partial charge in [-0.15, -0.1) is 0 Å². The third kappa shape index (κ3) is 5.17. The molecule has 0 bridgehead atoms. The van der Waals surface area contributed by atoms with Crippen LogP contribution in [0.4, 0.5) is 8.78 Å². The van der Waals surface area contributed by atoms with Crippen molar-refractivity contribution in [2.75, 3.05) is 13.2 Å². The number of nitrogens with zero attached hydrogens (tertiary/aromatic N) is 3. The quantitative estimate of drug-likeness (QED) is 0.521. The van der Waals surface area contributed by atoms with Crippen molar-refractivity contribution in [2.24, 2.45) is 0 Å². The van der Waals surface area contributed by atoms with E-state index < -0.39 is 18.0 Å². The molecule has 2 atom stereocenters. The Morgan fingerprint density at radius 2 is 2.21 bits per heavy atom. The third-order valence-corrected chi connectivity index (χ3v) is 4.78. The van der Waals surface area contributed by atoms with Gasteiger partial charge in [0.05, 0.1) is 19.2 Å². The van der Waals surface area contributed by atoms with Crippen molar-refractivity contribution >= 4 is 5.91 Å². The number of benzene rings is 1. The first-order valence-electron chi connectivity index (χ1n) is 9.35. The number of likely N-dealkylation sites (tertiary alicyclic amines) is 1. The van der Waals surface area contributed by atoms with Gasteiger partial charge in [0.1, 0.15) is 29.5 Å². The normalized spacial score (nSPS) is 18.3. The molecule has 1 saturated heterocycles. The van der Waals surface area contributed by atoms with E-state index in [-0.39, 0.29) is 24.6 Å². The maximum atomic E-state index is 14.0. The number of nitriles is 1. The smallest absolute Gasteiger partial charge is 0.249 e. The van der Waals surface area contributed by atoms with E-state index in [0.29, 0.717) is 36.3 Å². The van der Waals surface area contributed by atoms with Crippen molar-refractivity contribution in [2.45, 2.75) is 31.5 Å². The summed E-state index contributed by atoms with van der Waals surface area (Å²) in [5, 5.41) is 8.84. The molecular weight excluding hydrogens is 376 g/mol. The van der Waals surface area contributed by atoms with Crippen molar-refractivity contribution in [3.05, 3.63) is 71.8 Å². The molecule has 5 nitrogen and oxygen atoms in total. The summed E-state index contributed by atoms with van der Waals surface area (Å²) in [7, 11) is 0. The zero-order valence-electron chi connectivity index (χ0n) is 15.9. The van der Waals surface area contributed by atoms with Gasteiger partial charge >= 0.3 is 0 Å². The zero-order chi connectivity index (χ0) is 20.8. The Balaban J connectivity index is 1.54. The minimum Gasteiger partial charge on any atom is -0.493 e. The summed E-state index contributed by atoms with van der Waals surface area (Å²) in [6.45, 7) is 4.15. The van der Waals surface area contributed by atoms with Crippen LogP contribution in [0.1, 0.15) is 36.6 Å². The lowest BCUT2D eigenvalue weighted by molar-refractivity contribution is -0.128. The predicted molar refractivity (Wildman–Crippen MR) is 103 cm³/mol. The van der Waals surface area contributed by atoms with Crippen LogP contribution in [0.25, 0.3) is 0 Å². The second-order valence-corrected chi connectivity index (χ2v) is 6.91. The lowest BCUT2D eigenvalue weighted by atomic mass is 10.0. The molecule has 1 aromatic carbocycles. The fourth-order valence-corrected chi connectivity index (χ4v) is 3.39. The topological polar surface area (TPSA) is 66.2 Å². The second-order valence-electron chi connectivity index (χ2n) is 6.91. The molecule has 2 unspecified atom stereocenters. The van der Waals surface area contributed by atoms with Gasteiger partial charge in [0.2, 0.25) is 5.91 Å². The van der Waals surface area contributed by atoms with Crippen molar-refractivity contribution in [3.8, 4) is 11.8 Å². The second kappa shape index (κ2) is 9.28. The first kappa shape index (κ1) is 20.5. The molecule has 2 heterocycles. The number of hydrogen-bond acceptors (Lipinski definition) is 4. The number of amides is 1. The van der Waals surface area contributed by atoms with Gasteiger partial charge in [0, 0.05) is 24.3 Å². The number of ether oxygens (including phenoxy) is 1. The van der Waals surface area contributed by atoms with Crippen molar-refractivity contribution in [1.82, 2.24) is 9.88 Å². The summed E-state index contributed by atoms with van der Waals surface area (Å²) < 4.78 is 33.1. The molecule has 0 radical (unpaired) electrons. The highest BCUT2D eigenvalue weighted by molar-refractivity contribution is 5.93. The average molecular weight is 397 g/mol. The Morgan fingerprint density at radius 1 is 1.38 bits per heavy atom. The van der Waals surface area contributed by atoms with Gasteiger partial charge in [0.15, 0.2) is 0 Å². The van der Waals surface area contributed by atoms with Crippen LogP contribution in [0.15, 0.2) is 54.7 Å². The summed E-state index contributed by atoms with van der Waals surface area (Å²) in [5.74, 6) is -0.210. The van der Waals surface area contributed by atoms with E-state index in [0.717, 1.165) is 0 Å². The maximum Gasteiger partial charge on any atom is 0.249 e. The van der Waals surface area contributed by atoms with E-state index in [2.05, 4.69) is 11.6 Å². The number of alkyl halides is 1. The summed E-state index contributed by atoms with van der Waals surface area (Å²) in [6, 6.07) is 10.5. The molecule has 0 aliphatic carbocycles. The van der Waals surface area contributed by atoms with Crippen LogP contribution in [-0.2, 0) is 4.79 Å². The molecule has 3 rings (SSSR count). The standard InChI is InChI=1S/C22H21F2N3O2/c1-15(4-3-9-29-20-7-8-26-19(12-20)13-25)22(28)27-14-18(24)11-21(27)16-5-2-6-17(23)10-16/h2,5-8,10,12,18,21H,1,3-4,9,11,14H2. The van der Waals surface area contributed by atoms with Gasteiger partial charge in [-0.2, -0.15) is 5.26 Å². The highest BCUT2D eigenvalue weighted by atomic mass is 19.1. The van der Waals surface area contributed by atoms with Gasteiger partial charge in [-0.3, -0.25) is 4.79 Å². The van der Waals surface area contributed by atoms with E-state index >= 15 is 0 Å². The van der Waals surface area contributed by atoms with Gasteiger partial charge in [-0.25, -0.2) is 13.8 Å². The first-order chi connectivity index (χ1) is 14.0. The number of rotatable bonds is 7. The SMILES string of the molecule is C=C(CCCOc1ccnc(C#N)c1)C(=O)N1CC(F)CC1c1cccc(F)c1. The molecule has 29 heavy (non-hydrogen) atoms. The monoisotopic (exact) mass is 397 g/mol. The molecule has 0 N–H and O–H groups in total. The highest BCUT2D eigenvalue weighted by Gasteiger charge is 2.37. The molecule has 1 aliphatic rings. The minimum absolute atomic E-state index is 0.0243. The van der Waals surface area contributed by atoms with Gasteiger partial charge < -0.3 is 9.64 Å². The number of carbonyl (C=O) groups is 1. The summed E-state index contributed by atoms with van der Waals surface area (Å²) >= 11 is 0. The Morgan fingerprint density at radius 3 is 2.97 bits per heavy atom. The van der Waals surface area contributed by atoms with Crippen molar-refractivity contribution in [1.29, 1.82) is 5.26 Å². The van der Waals surface area contributed by atoms with Crippen LogP contribution in [-0.4, -0.2) is 35.1 Å². The van der Waals surface area contributed by atoms with Crippen LogP contribution in [0.2, 0.25) is 0 Å². The summed E-state index contributed by atoms with van der Waals surface area (Å²) in [6.07, 6.45) is 1.41. The van der Waals surface area contributed by atoms with Crippen LogP contribution < -0.4 is 4.74 Å². The first-order valence-corrected chi connectivity index (χ1v) is 9.35. The molecule has 1 aromatic heterocycles. The van der Waals surface area contributed by atoms with Crippen LogP contribution in [0, 0.1) is 17.1 Å². The number of carbonyl (C=O) groups excluding carboxylic acids is 1. The minimum atomic E-state index is -1.15. The number of aromatic nitrogens is 1. The Labute approximate surface area is 168 Å². The van der Waals surface area contributed by atoms with Gasteiger partial charge in [0.25, 0.3) is 0 Å². The number of pyridine rings is 1. The molecule has 0 saturated carbocycles. The predicted octanol–water partition coefficient (Wildman–Crippen LogP) is 4.12. The van der Waals surface area contributed by atoms with Crippen LogP contribution in [0.3, 0.4) is 0 Å². The lowest BCUT2D eigenvalue weighted by Crippen LogP contribution is -2.32. The van der Waals surface area contributed by atoms with Crippen molar-refractivity contribution in [3.63, 3.8) is 0 Å². The molecule has 2 aromatic rings. The molecule has 7 heteroatoms. The molecular formula is C22H21F2N3O2. The van der Waals surface area contributed by atoms with E-state index in [1.807, 2.05) is 6.07 Å². The number of hydrogen-bond donors (Lipinski definition) is 0. The maximum absolute atomic E-state index is 14.0. The largest absolute Gasteiger partial charge is 0.493 e. The molecule has 1 fully saturated rings. The van der Waals surface area contributed by atoms with E-state index in [1.165, 1.54) is 29.3 Å². The number of halogens is 2. The van der Waals surface area contributed by atoms with Crippen LogP contribution >= 0.6 is 0 Å².